The maximum absolute atomic E-state index is 13.9. The Morgan fingerprint density at radius 3 is 2.37 bits per heavy atom. The fourth-order valence-electron chi connectivity index (χ4n) is 6.11. The van der Waals surface area contributed by atoms with Gasteiger partial charge in [-0.25, -0.2) is 0 Å². The van der Waals surface area contributed by atoms with Crippen molar-refractivity contribution in [2.75, 3.05) is 14.1 Å². The molecule has 0 unspecified atom stereocenters. The third kappa shape index (κ3) is 3.17. The summed E-state index contributed by atoms with van der Waals surface area (Å²) in [6.45, 7) is 0. The van der Waals surface area contributed by atoms with Gasteiger partial charge in [0.2, 0.25) is 5.78 Å². The summed E-state index contributed by atoms with van der Waals surface area (Å²) >= 11 is 0. The summed E-state index contributed by atoms with van der Waals surface area (Å²) < 4.78 is 5.34. The number of hydrogen-bond acceptors (Lipinski definition) is 10. The maximum atomic E-state index is 13.9. The van der Waals surface area contributed by atoms with Gasteiger partial charge in [-0.15, -0.1) is 0 Å². The summed E-state index contributed by atoms with van der Waals surface area (Å²) in [5.74, 6) is -8.23. The van der Waals surface area contributed by atoms with Gasteiger partial charge in [-0.1, -0.05) is 6.07 Å². The number of amides is 2. The van der Waals surface area contributed by atoms with Crippen molar-refractivity contribution in [3.8, 4) is 17.1 Å². The van der Waals surface area contributed by atoms with E-state index in [2.05, 4.69) is 0 Å². The number of phenolic OH excluding ortho intramolecular Hbond substituents is 1. The van der Waals surface area contributed by atoms with Crippen LogP contribution in [0, 0.1) is 11.8 Å². The lowest BCUT2D eigenvalue weighted by Crippen LogP contribution is -2.65. The Bertz CT molecular complexity index is 1520. The number of nitrogens with zero attached hydrogens (tertiary/aromatic N) is 1. The van der Waals surface area contributed by atoms with Crippen molar-refractivity contribution in [1.29, 1.82) is 0 Å². The topological polar surface area (TPSA) is 218 Å². The molecule has 2 aromatic rings. The van der Waals surface area contributed by atoms with Crippen LogP contribution in [0.1, 0.15) is 27.9 Å². The number of fused-ring (bicyclic) bond motifs is 3. The molecule has 8 N–H and O–H groups in total. The van der Waals surface area contributed by atoms with Crippen LogP contribution in [0.2, 0.25) is 0 Å². The fraction of sp³-hybridized carbons (Fsp3) is 0.308. The van der Waals surface area contributed by atoms with Gasteiger partial charge >= 0.3 is 0 Å². The molecular weight excluding hydrogens is 498 g/mol. The van der Waals surface area contributed by atoms with E-state index in [-0.39, 0.29) is 40.9 Å². The molecule has 0 spiro atoms. The second kappa shape index (κ2) is 8.30. The highest BCUT2D eigenvalue weighted by Gasteiger charge is 2.64. The van der Waals surface area contributed by atoms with Gasteiger partial charge in [0, 0.05) is 11.5 Å². The largest absolute Gasteiger partial charge is 0.508 e. The lowest BCUT2D eigenvalue weighted by molar-refractivity contribution is -0.153. The molecule has 3 aliphatic carbocycles. The van der Waals surface area contributed by atoms with Gasteiger partial charge in [-0.3, -0.25) is 24.1 Å². The molecule has 1 fully saturated rings. The Morgan fingerprint density at radius 1 is 1.08 bits per heavy atom. The standard InChI is InChI=1S/C26H25N3O9/c1-29(2)17-13-8-10-7-9-3-4-11(21-12(24(27)35)5-6-38-21)18(30)14(9)19(31)15(10)22(33)26(13,37)23(34)16(20(17)32)25(28)36/h3-6,10,13,17,30-31,34,37H,7-8H2,1-2H3,(H2,27,35)(H2,28,36)/t10-,13-,17-,26-/m1/s1. The molecule has 0 radical (unpaired) electrons. The molecule has 2 amide bonds. The number of Topliss-reactive ketones (excluding diaryl/α,β-unsaturated/α-hetero) is 2. The molecule has 4 atom stereocenters. The molecule has 198 valence electrons. The van der Waals surface area contributed by atoms with Crippen LogP contribution in [0.3, 0.4) is 0 Å². The number of likely N-dealkylation sites (N-methyl/N-ethyl adjacent to an activating group) is 1. The second-order valence-corrected chi connectivity index (χ2v) is 9.99. The van der Waals surface area contributed by atoms with E-state index in [0.29, 0.717) is 5.56 Å². The first-order valence-electron chi connectivity index (χ1n) is 11.7. The lowest BCUT2D eigenvalue weighted by atomic mass is 9.57. The molecule has 1 aromatic heterocycles. The molecule has 12 heteroatoms. The summed E-state index contributed by atoms with van der Waals surface area (Å²) in [6, 6.07) is 3.24. The first kappa shape index (κ1) is 25.2. The Morgan fingerprint density at radius 2 is 1.76 bits per heavy atom. The number of benzene rings is 1. The number of rotatable bonds is 4. The number of aliphatic hydroxyl groups is 3. The summed E-state index contributed by atoms with van der Waals surface area (Å²) in [5, 5.41) is 44.9. The van der Waals surface area contributed by atoms with Crippen LogP contribution in [0.25, 0.3) is 17.1 Å². The quantitative estimate of drug-likeness (QED) is 0.302. The van der Waals surface area contributed by atoms with E-state index >= 15 is 0 Å². The van der Waals surface area contributed by atoms with Crippen LogP contribution in [0.15, 0.2) is 45.8 Å². The second-order valence-electron chi connectivity index (χ2n) is 9.99. The van der Waals surface area contributed by atoms with E-state index in [4.69, 9.17) is 15.9 Å². The number of nitrogens with two attached hydrogens (primary N) is 2. The summed E-state index contributed by atoms with van der Waals surface area (Å²) in [7, 11) is 3.06. The average Bonchev–Trinajstić information content (AvgIpc) is 3.31. The van der Waals surface area contributed by atoms with Crippen LogP contribution in [-0.2, 0) is 20.8 Å². The monoisotopic (exact) mass is 523 g/mol. The van der Waals surface area contributed by atoms with Gasteiger partial charge in [0.15, 0.2) is 11.4 Å². The van der Waals surface area contributed by atoms with Gasteiger partial charge in [0.05, 0.1) is 29.0 Å². The first-order valence-corrected chi connectivity index (χ1v) is 11.7. The molecule has 1 aromatic carbocycles. The zero-order valence-corrected chi connectivity index (χ0v) is 20.4. The van der Waals surface area contributed by atoms with Crippen molar-refractivity contribution in [2.45, 2.75) is 24.5 Å². The zero-order valence-electron chi connectivity index (χ0n) is 20.4. The predicted octanol–water partition coefficient (Wildman–Crippen LogP) is 0.323. The number of ketones is 2. The molecule has 5 rings (SSSR count). The van der Waals surface area contributed by atoms with Crippen LogP contribution >= 0.6 is 0 Å². The zero-order chi connectivity index (χ0) is 27.8. The van der Waals surface area contributed by atoms with E-state index in [0.717, 1.165) is 0 Å². The van der Waals surface area contributed by atoms with E-state index in [1.54, 1.807) is 6.07 Å². The third-order valence-electron chi connectivity index (χ3n) is 7.77. The highest BCUT2D eigenvalue weighted by Crippen LogP contribution is 2.53. The number of aromatic hydroxyl groups is 1. The van der Waals surface area contributed by atoms with E-state index in [1.165, 1.54) is 37.4 Å². The molecule has 1 saturated carbocycles. The van der Waals surface area contributed by atoms with E-state index in [1.807, 2.05) is 0 Å². The van der Waals surface area contributed by atoms with Gasteiger partial charge in [-0.2, -0.15) is 0 Å². The van der Waals surface area contributed by atoms with E-state index < -0.39 is 69.7 Å². The molecule has 38 heavy (non-hydrogen) atoms. The van der Waals surface area contributed by atoms with Gasteiger partial charge in [-0.05, 0) is 50.6 Å². The maximum Gasteiger partial charge on any atom is 0.255 e. The summed E-state index contributed by atoms with van der Waals surface area (Å²) in [4.78, 5) is 52.2. The smallest absolute Gasteiger partial charge is 0.255 e. The Labute approximate surface area is 215 Å². The Kier molecular flexibility index (Phi) is 5.51. The Balaban J connectivity index is 1.71. The lowest BCUT2D eigenvalue weighted by Gasteiger charge is -2.50. The first-order chi connectivity index (χ1) is 17.8. The number of carbonyl (C=O) groups excluding carboxylic acids is 4. The number of furan rings is 1. The van der Waals surface area contributed by atoms with Gasteiger partial charge in [0.1, 0.15) is 28.6 Å². The molecule has 0 bridgehead atoms. The highest BCUT2D eigenvalue weighted by atomic mass is 16.4. The third-order valence-corrected chi connectivity index (χ3v) is 7.77. The van der Waals surface area contributed by atoms with Crippen LogP contribution in [-0.4, -0.2) is 74.4 Å². The molecule has 3 aliphatic rings. The SMILES string of the molecule is CN(C)[C@H]1C(=O)C(C(N)=O)=C(O)[C@]2(O)C(=O)C3=C(O)c4c(ccc(-c5occc5C(N)=O)c4O)C[C@@H]3C[C@H]12. The van der Waals surface area contributed by atoms with Crippen molar-refractivity contribution in [1.82, 2.24) is 4.90 Å². The summed E-state index contributed by atoms with van der Waals surface area (Å²) in [5.41, 5.74) is 7.18. The van der Waals surface area contributed by atoms with Crippen molar-refractivity contribution < 1.29 is 44.0 Å². The van der Waals surface area contributed by atoms with Crippen molar-refractivity contribution in [3.05, 3.63) is 58.1 Å². The van der Waals surface area contributed by atoms with Crippen molar-refractivity contribution in [3.63, 3.8) is 0 Å². The van der Waals surface area contributed by atoms with Crippen LogP contribution in [0.5, 0.6) is 5.75 Å². The van der Waals surface area contributed by atoms with Gasteiger partial charge in [0.25, 0.3) is 11.8 Å². The minimum atomic E-state index is -2.72. The Hall–Kier alpha value is -4.42. The number of phenols is 1. The van der Waals surface area contributed by atoms with Crippen molar-refractivity contribution >= 4 is 29.1 Å². The molecule has 12 nitrogen and oxygen atoms in total. The predicted molar refractivity (Wildman–Crippen MR) is 130 cm³/mol. The molecule has 0 saturated heterocycles. The number of carbonyl (C=O) groups is 4. The minimum absolute atomic E-state index is 0.0115. The van der Waals surface area contributed by atoms with E-state index in [9.17, 15) is 39.6 Å². The summed E-state index contributed by atoms with van der Waals surface area (Å²) in [6.07, 6.45) is 1.33. The number of primary amides is 2. The van der Waals surface area contributed by atoms with Crippen molar-refractivity contribution in [2.24, 2.45) is 23.3 Å². The van der Waals surface area contributed by atoms with Crippen LogP contribution < -0.4 is 11.5 Å². The number of hydrogen-bond donors (Lipinski definition) is 6. The highest BCUT2D eigenvalue weighted by molar-refractivity contribution is 6.24. The molecule has 1 heterocycles. The van der Waals surface area contributed by atoms with Gasteiger partial charge < -0.3 is 36.3 Å². The molecule has 0 aliphatic heterocycles. The number of aliphatic hydroxyl groups excluding tert-OH is 2. The van der Waals surface area contributed by atoms with Crippen LogP contribution in [0.4, 0.5) is 0 Å². The fourth-order valence-corrected chi connectivity index (χ4v) is 6.11. The minimum Gasteiger partial charge on any atom is -0.508 e. The normalized spacial score (nSPS) is 26.8. The average molecular weight is 523 g/mol. The molecular formula is C26H25N3O9.